The highest BCUT2D eigenvalue weighted by Gasteiger charge is 2.00. The molecule has 0 aromatic carbocycles. The number of halogens is 4. The van der Waals surface area contributed by atoms with Crippen LogP contribution in [0.25, 0.3) is 0 Å². The Bertz CT molecular complexity index is 75.0. The van der Waals surface area contributed by atoms with Crippen molar-refractivity contribution in [3.63, 3.8) is 0 Å². The van der Waals surface area contributed by atoms with Crippen molar-refractivity contribution in [2.24, 2.45) is 0 Å². The molecule has 0 nitrogen and oxygen atoms in total. The first-order valence-corrected chi connectivity index (χ1v) is 3.11. The van der Waals surface area contributed by atoms with Gasteiger partial charge >= 0.3 is 0 Å². The highest BCUT2D eigenvalue weighted by atomic mass is 35.5. The van der Waals surface area contributed by atoms with Crippen LogP contribution in [0.2, 0.25) is 0 Å². The van der Waals surface area contributed by atoms with Crippen LogP contribution in [0.3, 0.4) is 0 Å². The number of rotatable bonds is 1. The van der Waals surface area contributed by atoms with Crippen molar-refractivity contribution >= 4 is 46.4 Å². The van der Waals surface area contributed by atoms with Crippen molar-refractivity contribution in [3.05, 3.63) is 10.6 Å². The molecule has 0 aliphatic rings. The van der Waals surface area contributed by atoms with E-state index in [0.717, 1.165) is 5.54 Å². The number of alkyl halides is 2. The van der Waals surface area contributed by atoms with E-state index in [1.807, 2.05) is 0 Å². The molecule has 0 aromatic heterocycles. The van der Waals surface area contributed by atoms with Crippen LogP contribution >= 0.6 is 46.4 Å². The Hall–Kier alpha value is 0.900. The van der Waals surface area contributed by atoms with E-state index in [9.17, 15) is 0 Å². The maximum Gasteiger partial charge on any atom is 0.144 e. The van der Waals surface area contributed by atoms with Crippen LogP contribution in [-0.4, -0.2) is 4.84 Å². The second-order valence-electron chi connectivity index (χ2n) is 0.795. The zero-order valence-corrected chi connectivity index (χ0v) is 6.19. The maximum atomic E-state index is 5.27. The normalized spacial score (nSPS) is 13.0. The van der Waals surface area contributed by atoms with E-state index in [4.69, 9.17) is 46.4 Å². The monoisotopic (exact) mass is 178 g/mol. The first kappa shape index (κ1) is 7.90. The van der Waals surface area contributed by atoms with Gasteiger partial charge in [-0.25, -0.2) is 0 Å². The van der Waals surface area contributed by atoms with Gasteiger partial charge in [-0.05, 0) is 0 Å². The number of hydrogen-bond donors (Lipinski definition) is 0. The van der Waals surface area contributed by atoms with Gasteiger partial charge in [-0.2, -0.15) is 0 Å². The zero-order chi connectivity index (χ0) is 5.86. The Balaban J connectivity index is 3.56. The third-order valence-electron chi connectivity index (χ3n) is 0.313. The first-order chi connectivity index (χ1) is 3.18. The third-order valence-corrected chi connectivity index (χ3v) is 1.68. The number of allylic oxidation sites excluding steroid dienone is 1. The molecule has 0 aromatic rings. The molecule has 42 valence electrons. The van der Waals surface area contributed by atoms with Crippen molar-refractivity contribution in [1.82, 2.24) is 0 Å². The molecule has 0 atom stereocenters. The Morgan fingerprint density at radius 1 is 1.43 bits per heavy atom. The van der Waals surface area contributed by atoms with E-state index in [1.165, 1.54) is 0 Å². The number of hydrogen-bond acceptors (Lipinski definition) is 0. The van der Waals surface area contributed by atoms with Crippen LogP contribution in [0.15, 0.2) is 10.6 Å². The van der Waals surface area contributed by atoms with Crippen molar-refractivity contribution in [2.45, 2.75) is 4.84 Å². The summed E-state index contributed by atoms with van der Waals surface area (Å²) < 4.78 is 0. The Morgan fingerprint density at radius 3 is 1.86 bits per heavy atom. The molecular weight excluding hydrogens is 178 g/mol. The van der Waals surface area contributed by atoms with Crippen molar-refractivity contribution in [1.29, 1.82) is 0 Å². The molecule has 0 aliphatic heterocycles. The minimum Gasteiger partial charge on any atom is -0.0990 e. The molecule has 4 heteroatoms. The summed E-state index contributed by atoms with van der Waals surface area (Å²) in [4.78, 5) is -0.695. The fraction of sp³-hybridized carbons (Fsp3) is 0.333. The van der Waals surface area contributed by atoms with Gasteiger partial charge in [-0.15, -0.1) is 0 Å². The van der Waals surface area contributed by atoms with Crippen LogP contribution < -0.4 is 0 Å². The first-order valence-electron chi connectivity index (χ1n) is 1.42. The lowest BCUT2D eigenvalue weighted by atomic mass is 10.7. The minimum atomic E-state index is -0.695. The van der Waals surface area contributed by atoms with Crippen LogP contribution in [0.1, 0.15) is 0 Å². The summed E-state index contributed by atoms with van der Waals surface area (Å²) in [6, 6.07) is 0. The summed E-state index contributed by atoms with van der Waals surface area (Å²) in [6.07, 6.45) is 0. The summed E-state index contributed by atoms with van der Waals surface area (Å²) in [5.41, 5.74) is 1.13. The topological polar surface area (TPSA) is 0 Å². The standard InChI is InChI=1S/C3H2Cl4/c4-1-2(5)3(6)7/h1,3H/b2-1+. The summed E-state index contributed by atoms with van der Waals surface area (Å²) in [5.74, 6) is 0. The average Bonchev–Trinajstić information content (AvgIpc) is 1.65. The molecule has 0 fully saturated rings. The molecule has 0 rings (SSSR count). The van der Waals surface area contributed by atoms with Gasteiger partial charge in [0.1, 0.15) is 4.84 Å². The molecule has 0 aliphatic carbocycles. The maximum absolute atomic E-state index is 5.27. The van der Waals surface area contributed by atoms with E-state index in [0.29, 0.717) is 0 Å². The SMILES string of the molecule is Cl/C=C(/Cl)C(Cl)Cl. The lowest BCUT2D eigenvalue weighted by Gasteiger charge is -1.91. The molecule has 0 N–H and O–H groups in total. The van der Waals surface area contributed by atoms with Gasteiger partial charge in [0, 0.05) is 5.54 Å². The van der Waals surface area contributed by atoms with E-state index in [2.05, 4.69) is 0 Å². The summed E-state index contributed by atoms with van der Waals surface area (Å²) >= 11 is 20.8. The second kappa shape index (κ2) is 3.85. The van der Waals surface area contributed by atoms with Gasteiger partial charge in [0.15, 0.2) is 0 Å². The molecule has 0 saturated heterocycles. The van der Waals surface area contributed by atoms with E-state index in [-0.39, 0.29) is 5.03 Å². The van der Waals surface area contributed by atoms with Crippen molar-refractivity contribution in [2.75, 3.05) is 0 Å². The highest BCUT2D eigenvalue weighted by molar-refractivity contribution is 6.53. The summed E-state index contributed by atoms with van der Waals surface area (Å²) in [7, 11) is 0. The Morgan fingerprint density at radius 2 is 1.86 bits per heavy atom. The average molecular weight is 180 g/mol. The van der Waals surface area contributed by atoms with Crippen molar-refractivity contribution < 1.29 is 0 Å². The molecule has 0 radical (unpaired) electrons. The van der Waals surface area contributed by atoms with Gasteiger partial charge in [0.2, 0.25) is 0 Å². The lowest BCUT2D eigenvalue weighted by Crippen LogP contribution is -1.81. The molecule has 0 unspecified atom stereocenters. The Labute approximate surface area is 62.0 Å². The van der Waals surface area contributed by atoms with E-state index < -0.39 is 4.84 Å². The summed E-state index contributed by atoms with van der Waals surface area (Å²) in [6.45, 7) is 0. The zero-order valence-electron chi connectivity index (χ0n) is 3.17. The molecule has 0 saturated carbocycles. The molecule has 0 spiro atoms. The van der Waals surface area contributed by atoms with Gasteiger partial charge in [0.25, 0.3) is 0 Å². The van der Waals surface area contributed by atoms with Crippen molar-refractivity contribution in [3.8, 4) is 0 Å². The van der Waals surface area contributed by atoms with Crippen LogP contribution in [0, 0.1) is 0 Å². The van der Waals surface area contributed by atoms with E-state index >= 15 is 0 Å². The third kappa shape index (κ3) is 3.48. The van der Waals surface area contributed by atoms with Crippen LogP contribution in [-0.2, 0) is 0 Å². The molecule has 0 bridgehead atoms. The molecule has 0 amide bonds. The summed E-state index contributed by atoms with van der Waals surface area (Å²) in [5, 5.41) is 0.241. The molecule has 7 heavy (non-hydrogen) atoms. The van der Waals surface area contributed by atoms with Gasteiger partial charge in [-0.1, -0.05) is 46.4 Å². The smallest absolute Gasteiger partial charge is 0.0990 e. The lowest BCUT2D eigenvalue weighted by molar-refractivity contribution is 1.56. The van der Waals surface area contributed by atoms with Gasteiger partial charge < -0.3 is 0 Å². The van der Waals surface area contributed by atoms with Crippen LogP contribution in [0.5, 0.6) is 0 Å². The van der Waals surface area contributed by atoms with Crippen LogP contribution in [0.4, 0.5) is 0 Å². The fourth-order valence-electron chi connectivity index (χ4n) is 0.0476. The fourth-order valence-corrected chi connectivity index (χ4v) is 0.429. The quantitative estimate of drug-likeness (QED) is 0.543. The predicted molar refractivity (Wildman–Crippen MR) is 35.3 cm³/mol. The van der Waals surface area contributed by atoms with Gasteiger partial charge in [-0.3, -0.25) is 0 Å². The predicted octanol–water partition coefficient (Wildman–Crippen LogP) is 3.11. The van der Waals surface area contributed by atoms with E-state index in [1.54, 1.807) is 0 Å². The molecule has 0 heterocycles. The highest BCUT2D eigenvalue weighted by Crippen LogP contribution is 2.18. The van der Waals surface area contributed by atoms with Gasteiger partial charge in [0.05, 0.1) is 5.03 Å². The molecular formula is C3H2Cl4. The minimum absolute atomic E-state index is 0.241. The largest absolute Gasteiger partial charge is 0.144 e. The second-order valence-corrected chi connectivity index (χ2v) is 2.55. The Kier molecular flexibility index (Phi) is 4.34.